The van der Waals surface area contributed by atoms with E-state index in [1.54, 1.807) is 0 Å². The smallest absolute Gasteiger partial charge is 0.306 e. The van der Waals surface area contributed by atoms with Crippen molar-refractivity contribution in [3.8, 4) is 0 Å². The molecule has 0 unspecified atom stereocenters. The number of hydrogen-bond acceptors (Lipinski definition) is 7. The van der Waals surface area contributed by atoms with Crippen LogP contribution < -0.4 is 5.32 Å². The number of thioether (sulfide) groups is 1. The lowest BCUT2D eigenvalue weighted by Crippen LogP contribution is -2.40. The van der Waals surface area contributed by atoms with E-state index in [2.05, 4.69) is 19.2 Å². The number of Topliss-reactive ketones (excluding diaryl/α,β-unsaturated/α-hetero) is 1. The van der Waals surface area contributed by atoms with E-state index in [1.807, 2.05) is 0 Å². The first kappa shape index (κ1) is 47.4. The average Bonchev–Trinajstić information content (AvgIpc) is 3.07. The monoisotopic (exact) mass is 712 g/mol. The molecule has 0 spiro atoms. The van der Waals surface area contributed by atoms with E-state index in [9.17, 15) is 19.2 Å². The maximum absolute atomic E-state index is 12.7. The topological polar surface area (TPSA) is 98.8 Å². The van der Waals surface area contributed by atoms with Crippen LogP contribution in [0.15, 0.2) is 0 Å². The van der Waals surface area contributed by atoms with Gasteiger partial charge in [-0.2, -0.15) is 11.8 Å². The molecule has 0 aromatic carbocycles. The zero-order chi connectivity index (χ0) is 36.2. The van der Waals surface area contributed by atoms with Crippen molar-refractivity contribution in [2.24, 2.45) is 0 Å². The number of ether oxygens (including phenoxy) is 2. The molecule has 0 aliphatic rings. The third-order valence-corrected chi connectivity index (χ3v) is 10.3. The van der Waals surface area contributed by atoms with Crippen LogP contribution in [0.3, 0.4) is 0 Å². The summed E-state index contributed by atoms with van der Waals surface area (Å²) < 4.78 is 11.3. The summed E-state index contributed by atoms with van der Waals surface area (Å²) in [7, 11) is 0. The second-order valence-corrected chi connectivity index (χ2v) is 15.3. The SMILES string of the molecule is CCCCCCCCCCCCCCCC(=O)OC[C@@H](CSC[C@H](NC(C)=O)C(C)=O)OC(=O)CCCCCCCCCCCCCCC. The summed E-state index contributed by atoms with van der Waals surface area (Å²) in [6, 6.07) is -0.595. The largest absolute Gasteiger partial charge is 0.462 e. The van der Waals surface area contributed by atoms with Gasteiger partial charge in [0.1, 0.15) is 12.7 Å². The first-order chi connectivity index (χ1) is 23.8. The van der Waals surface area contributed by atoms with Crippen LogP contribution in [0.1, 0.15) is 207 Å². The van der Waals surface area contributed by atoms with Crippen LogP contribution in [-0.4, -0.2) is 53.9 Å². The zero-order valence-corrected chi connectivity index (χ0v) is 33.2. The summed E-state index contributed by atoms with van der Waals surface area (Å²) >= 11 is 1.41. The Morgan fingerprint density at radius 1 is 0.510 bits per heavy atom. The van der Waals surface area contributed by atoms with Crippen LogP contribution in [0.5, 0.6) is 0 Å². The number of rotatable bonds is 37. The standard InChI is InChI=1S/C41H77NO6S/c1-5-7-9-11-13-15-17-19-21-23-25-27-29-31-40(45)47-33-38(34-49-35-39(36(3)43)42-37(4)44)48-41(46)32-30-28-26-24-22-20-18-16-14-12-10-8-6-2/h38-39H,5-35H2,1-4H3,(H,42,44)/t38-,39-/m0/s1. The summed E-state index contributed by atoms with van der Waals surface area (Å²) in [6.07, 6.45) is 32.6. The molecular weight excluding hydrogens is 635 g/mol. The molecular formula is C41H77NO6S. The zero-order valence-electron chi connectivity index (χ0n) is 32.4. The van der Waals surface area contributed by atoms with Crippen LogP contribution in [0.25, 0.3) is 0 Å². The molecule has 0 saturated carbocycles. The summed E-state index contributed by atoms with van der Waals surface area (Å²) in [6.45, 7) is 7.36. The normalized spacial score (nSPS) is 12.4. The van der Waals surface area contributed by atoms with Gasteiger partial charge >= 0.3 is 11.9 Å². The molecule has 0 aromatic heterocycles. The van der Waals surface area contributed by atoms with Crippen molar-refractivity contribution in [3.05, 3.63) is 0 Å². The van der Waals surface area contributed by atoms with Gasteiger partial charge < -0.3 is 14.8 Å². The fourth-order valence-electron chi connectivity index (χ4n) is 6.02. The second-order valence-electron chi connectivity index (χ2n) is 14.2. The Hall–Kier alpha value is -1.57. The molecule has 2 atom stereocenters. The predicted octanol–water partition coefficient (Wildman–Crippen LogP) is 11.2. The third-order valence-electron chi connectivity index (χ3n) is 9.15. The molecule has 0 aliphatic carbocycles. The van der Waals surface area contributed by atoms with Gasteiger partial charge in [-0.3, -0.25) is 19.2 Å². The Morgan fingerprint density at radius 3 is 1.24 bits per heavy atom. The minimum Gasteiger partial charge on any atom is -0.462 e. The van der Waals surface area contributed by atoms with E-state index < -0.39 is 12.1 Å². The number of esters is 2. The molecule has 0 saturated heterocycles. The van der Waals surface area contributed by atoms with Crippen molar-refractivity contribution >= 4 is 35.4 Å². The molecule has 0 bridgehead atoms. The number of nitrogens with one attached hydrogen (secondary N) is 1. The Labute approximate surface area is 306 Å². The highest BCUT2D eigenvalue weighted by molar-refractivity contribution is 7.99. The highest BCUT2D eigenvalue weighted by Crippen LogP contribution is 2.16. The predicted molar refractivity (Wildman–Crippen MR) is 207 cm³/mol. The molecule has 7 nitrogen and oxygen atoms in total. The first-order valence-electron chi connectivity index (χ1n) is 20.5. The quantitative estimate of drug-likeness (QED) is 0.0506. The molecule has 0 aromatic rings. The minimum absolute atomic E-state index is 0.0134. The van der Waals surface area contributed by atoms with Gasteiger partial charge in [0, 0.05) is 31.3 Å². The molecule has 0 heterocycles. The molecule has 0 fully saturated rings. The van der Waals surface area contributed by atoms with Crippen molar-refractivity contribution in [1.29, 1.82) is 0 Å². The minimum atomic E-state index is -0.595. The second kappa shape index (κ2) is 36.2. The van der Waals surface area contributed by atoms with Crippen molar-refractivity contribution < 1.29 is 28.7 Å². The fourth-order valence-corrected chi connectivity index (χ4v) is 7.13. The lowest BCUT2D eigenvalue weighted by Gasteiger charge is -2.20. The maximum Gasteiger partial charge on any atom is 0.306 e. The van der Waals surface area contributed by atoms with Gasteiger partial charge in [-0.1, -0.05) is 168 Å². The summed E-state index contributed by atoms with van der Waals surface area (Å²) in [5.41, 5.74) is 0. The molecule has 1 amide bonds. The van der Waals surface area contributed by atoms with E-state index in [-0.39, 0.29) is 30.2 Å². The number of hydrogen-bond donors (Lipinski definition) is 1. The highest BCUT2D eigenvalue weighted by atomic mass is 32.2. The van der Waals surface area contributed by atoms with E-state index in [4.69, 9.17) is 9.47 Å². The van der Waals surface area contributed by atoms with Crippen molar-refractivity contribution in [2.45, 2.75) is 220 Å². The molecule has 288 valence electrons. The average molecular weight is 712 g/mol. The number of amides is 1. The van der Waals surface area contributed by atoms with E-state index >= 15 is 0 Å². The van der Waals surface area contributed by atoms with Gasteiger partial charge in [-0.25, -0.2) is 0 Å². The summed E-state index contributed by atoms with van der Waals surface area (Å²) in [5, 5.41) is 2.67. The van der Waals surface area contributed by atoms with Crippen molar-refractivity contribution in [3.63, 3.8) is 0 Å². The Balaban J connectivity index is 4.30. The number of carbonyl (C=O) groups excluding carboxylic acids is 4. The van der Waals surface area contributed by atoms with E-state index in [0.717, 1.165) is 38.5 Å². The van der Waals surface area contributed by atoms with Crippen molar-refractivity contribution in [1.82, 2.24) is 5.32 Å². The van der Waals surface area contributed by atoms with Gasteiger partial charge in [0.05, 0.1) is 6.04 Å². The lowest BCUT2D eigenvalue weighted by molar-refractivity contribution is -0.157. The van der Waals surface area contributed by atoms with Crippen LogP contribution in [0.4, 0.5) is 0 Å². The fraction of sp³-hybridized carbons (Fsp3) is 0.902. The highest BCUT2D eigenvalue weighted by Gasteiger charge is 2.20. The van der Waals surface area contributed by atoms with E-state index in [0.29, 0.717) is 24.3 Å². The lowest BCUT2D eigenvalue weighted by atomic mass is 10.0. The van der Waals surface area contributed by atoms with Crippen LogP contribution in [0, 0.1) is 0 Å². The van der Waals surface area contributed by atoms with Gasteiger partial charge in [0.2, 0.25) is 5.91 Å². The Bertz CT molecular complexity index is 807. The van der Waals surface area contributed by atoms with Gasteiger partial charge in [0.15, 0.2) is 5.78 Å². The van der Waals surface area contributed by atoms with Gasteiger partial charge in [0.25, 0.3) is 0 Å². The molecule has 0 rings (SSSR count). The van der Waals surface area contributed by atoms with Gasteiger partial charge in [-0.15, -0.1) is 0 Å². The van der Waals surface area contributed by atoms with Crippen LogP contribution in [0.2, 0.25) is 0 Å². The van der Waals surface area contributed by atoms with Gasteiger partial charge in [-0.05, 0) is 19.8 Å². The Kier molecular flexibility index (Phi) is 35.1. The molecule has 1 N–H and O–H groups in total. The number of unbranched alkanes of at least 4 members (excludes halogenated alkanes) is 24. The van der Waals surface area contributed by atoms with E-state index in [1.165, 1.54) is 154 Å². The van der Waals surface area contributed by atoms with Crippen molar-refractivity contribution in [2.75, 3.05) is 18.1 Å². The van der Waals surface area contributed by atoms with Crippen LogP contribution in [-0.2, 0) is 28.7 Å². The molecule has 0 radical (unpaired) electrons. The Morgan fingerprint density at radius 2 is 0.878 bits per heavy atom. The first-order valence-corrected chi connectivity index (χ1v) is 21.7. The molecule has 49 heavy (non-hydrogen) atoms. The summed E-state index contributed by atoms with van der Waals surface area (Å²) in [5.74, 6) is -0.155. The third kappa shape index (κ3) is 34.7. The van der Waals surface area contributed by atoms with Crippen LogP contribution >= 0.6 is 11.8 Å². The maximum atomic E-state index is 12.7. The number of ketones is 1. The molecule has 8 heteroatoms. The molecule has 0 aliphatic heterocycles. The number of carbonyl (C=O) groups is 4. The summed E-state index contributed by atoms with van der Waals surface area (Å²) in [4.78, 5) is 48.6.